The summed E-state index contributed by atoms with van der Waals surface area (Å²) in [5, 5.41) is 4.30. The van der Waals surface area contributed by atoms with Gasteiger partial charge in [0.2, 0.25) is 0 Å². The van der Waals surface area contributed by atoms with Gasteiger partial charge in [-0.15, -0.1) is 0 Å². The summed E-state index contributed by atoms with van der Waals surface area (Å²) in [6.45, 7) is 8.14. The van der Waals surface area contributed by atoms with Gasteiger partial charge in [-0.25, -0.2) is 0 Å². The Kier molecular flexibility index (Phi) is 3.63. The molecule has 0 unspecified atom stereocenters. The number of nitrogens with zero attached hydrogens (tertiary/aromatic N) is 2. The van der Waals surface area contributed by atoms with Gasteiger partial charge in [0.1, 0.15) is 0 Å². The Morgan fingerprint density at radius 3 is 2.86 bits per heavy atom. The molecule has 0 fully saturated rings. The number of hydrogen-bond donors (Lipinski definition) is 0. The van der Waals surface area contributed by atoms with E-state index in [1.54, 1.807) is 0 Å². The van der Waals surface area contributed by atoms with E-state index in [0.717, 1.165) is 22.4 Å². The van der Waals surface area contributed by atoms with Crippen LogP contribution in [0.25, 0.3) is 0 Å². The van der Waals surface area contributed by atoms with Crippen LogP contribution in [-0.2, 0) is 17.8 Å². The average Bonchev–Trinajstić information content (AvgIpc) is 2.45. The van der Waals surface area contributed by atoms with Gasteiger partial charge in [-0.3, -0.25) is 9.48 Å². The second-order valence-corrected chi connectivity index (χ2v) is 3.80. The Morgan fingerprint density at radius 2 is 2.36 bits per heavy atom. The van der Waals surface area contributed by atoms with Gasteiger partial charge in [-0.05, 0) is 35.9 Å². The van der Waals surface area contributed by atoms with E-state index in [9.17, 15) is 4.79 Å². The normalized spacial score (nSPS) is 10.2. The molecular formula is C10H13BrN2O. The lowest BCUT2D eigenvalue weighted by Crippen LogP contribution is -2.07. The van der Waals surface area contributed by atoms with E-state index in [4.69, 9.17) is 0 Å². The highest BCUT2D eigenvalue weighted by molar-refractivity contribution is 9.10. The third kappa shape index (κ3) is 2.12. The minimum Gasteiger partial charge on any atom is -0.294 e. The zero-order valence-electron chi connectivity index (χ0n) is 8.38. The molecule has 0 atom stereocenters. The predicted molar refractivity (Wildman–Crippen MR) is 59.2 cm³/mol. The van der Waals surface area contributed by atoms with Crippen LogP contribution in [0.3, 0.4) is 0 Å². The largest absolute Gasteiger partial charge is 0.294 e. The summed E-state index contributed by atoms with van der Waals surface area (Å²) in [7, 11) is 0. The molecule has 0 spiro atoms. The third-order valence-corrected chi connectivity index (χ3v) is 3.05. The smallest absolute Gasteiger partial charge is 0.161 e. The highest BCUT2D eigenvalue weighted by atomic mass is 79.9. The van der Waals surface area contributed by atoms with Gasteiger partial charge < -0.3 is 0 Å². The quantitative estimate of drug-likeness (QED) is 0.775. The molecule has 14 heavy (non-hydrogen) atoms. The van der Waals surface area contributed by atoms with Gasteiger partial charge in [0.15, 0.2) is 5.78 Å². The fraction of sp³-hybridized carbons (Fsp3) is 0.400. The second-order valence-electron chi connectivity index (χ2n) is 3.01. The molecule has 0 amide bonds. The minimum atomic E-state index is 0.0142. The molecule has 1 aromatic rings. The Hall–Kier alpha value is -0.900. The lowest BCUT2D eigenvalue weighted by Gasteiger charge is -2.02. The zero-order chi connectivity index (χ0) is 10.7. The van der Waals surface area contributed by atoms with Crippen molar-refractivity contribution in [2.24, 2.45) is 0 Å². The fourth-order valence-electron chi connectivity index (χ4n) is 1.28. The van der Waals surface area contributed by atoms with Crippen LogP contribution < -0.4 is 0 Å². The summed E-state index contributed by atoms with van der Waals surface area (Å²) >= 11 is 3.43. The van der Waals surface area contributed by atoms with Crippen molar-refractivity contribution >= 4 is 21.7 Å². The maximum Gasteiger partial charge on any atom is 0.161 e. The van der Waals surface area contributed by atoms with Gasteiger partial charge in [0, 0.05) is 6.54 Å². The van der Waals surface area contributed by atoms with Crippen LogP contribution >= 0.6 is 15.9 Å². The van der Waals surface area contributed by atoms with E-state index in [0.29, 0.717) is 6.42 Å². The first-order chi connectivity index (χ1) is 6.60. The number of halogens is 1. The molecule has 0 bridgehead atoms. The van der Waals surface area contributed by atoms with Crippen molar-refractivity contribution in [2.45, 2.75) is 26.8 Å². The fourth-order valence-corrected chi connectivity index (χ4v) is 1.70. The number of aryl methyl sites for hydroxylation is 2. The number of ketones is 1. The number of hydrogen-bond acceptors (Lipinski definition) is 2. The van der Waals surface area contributed by atoms with Crippen molar-refractivity contribution in [1.29, 1.82) is 0 Å². The van der Waals surface area contributed by atoms with E-state index in [-0.39, 0.29) is 5.78 Å². The zero-order valence-corrected chi connectivity index (χ0v) is 9.97. The van der Waals surface area contributed by atoms with Crippen molar-refractivity contribution in [2.75, 3.05) is 0 Å². The van der Waals surface area contributed by atoms with Gasteiger partial charge in [0.25, 0.3) is 0 Å². The molecule has 3 nitrogen and oxygen atoms in total. The van der Waals surface area contributed by atoms with Crippen molar-refractivity contribution < 1.29 is 4.79 Å². The van der Waals surface area contributed by atoms with Crippen molar-refractivity contribution in [1.82, 2.24) is 9.78 Å². The molecule has 0 aliphatic heterocycles. The van der Waals surface area contributed by atoms with E-state index in [2.05, 4.69) is 27.6 Å². The maximum absolute atomic E-state index is 11.2. The molecule has 0 saturated heterocycles. The van der Waals surface area contributed by atoms with Crippen molar-refractivity contribution in [3.05, 3.63) is 28.5 Å². The maximum atomic E-state index is 11.2. The molecule has 0 N–H and O–H groups in total. The van der Waals surface area contributed by atoms with Crippen molar-refractivity contribution in [3.63, 3.8) is 0 Å². The molecule has 1 heterocycles. The van der Waals surface area contributed by atoms with Crippen molar-refractivity contribution in [3.8, 4) is 0 Å². The second kappa shape index (κ2) is 4.55. The number of rotatable bonds is 4. The molecule has 0 saturated carbocycles. The molecule has 1 rings (SSSR count). The highest BCUT2D eigenvalue weighted by Crippen LogP contribution is 2.21. The lowest BCUT2D eigenvalue weighted by atomic mass is 10.2. The summed E-state index contributed by atoms with van der Waals surface area (Å²) < 4.78 is 2.76. The van der Waals surface area contributed by atoms with Gasteiger partial charge in [-0.2, -0.15) is 5.10 Å². The number of carbonyl (C=O) groups is 1. The van der Waals surface area contributed by atoms with Gasteiger partial charge in [0.05, 0.1) is 22.3 Å². The van der Waals surface area contributed by atoms with Crippen LogP contribution in [0.15, 0.2) is 17.1 Å². The van der Waals surface area contributed by atoms with Gasteiger partial charge in [-0.1, -0.05) is 6.58 Å². The van der Waals surface area contributed by atoms with Gasteiger partial charge >= 0.3 is 0 Å². The predicted octanol–water partition coefficient (Wildman–Crippen LogP) is 2.27. The summed E-state index contributed by atoms with van der Waals surface area (Å²) in [5.74, 6) is 0.0142. The molecular weight excluding hydrogens is 244 g/mol. The molecule has 0 aliphatic rings. The van der Waals surface area contributed by atoms with Crippen LogP contribution in [-0.4, -0.2) is 15.6 Å². The Morgan fingerprint density at radius 1 is 1.71 bits per heavy atom. The molecule has 0 aromatic carbocycles. The minimum absolute atomic E-state index is 0.0142. The standard InChI is InChI=1S/C10H13BrN2O/c1-4-8(14)6-9-10(11)7(3)12-13(9)5-2/h4H,1,5-6H2,2-3H3. The first kappa shape index (κ1) is 11.2. The molecule has 0 radical (unpaired) electrons. The lowest BCUT2D eigenvalue weighted by molar-refractivity contribution is -0.114. The Balaban J connectivity index is 3.05. The molecule has 4 heteroatoms. The SMILES string of the molecule is C=CC(=O)Cc1c(Br)c(C)nn1CC. The molecule has 0 aliphatic carbocycles. The highest BCUT2D eigenvalue weighted by Gasteiger charge is 2.13. The topological polar surface area (TPSA) is 34.9 Å². The monoisotopic (exact) mass is 256 g/mol. The number of carbonyl (C=O) groups excluding carboxylic acids is 1. The van der Waals surface area contributed by atoms with Crippen LogP contribution in [0.5, 0.6) is 0 Å². The van der Waals surface area contributed by atoms with E-state index < -0.39 is 0 Å². The van der Waals surface area contributed by atoms with Crippen LogP contribution in [0.4, 0.5) is 0 Å². The number of aromatic nitrogens is 2. The molecule has 76 valence electrons. The van der Waals surface area contributed by atoms with Crippen LogP contribution in [0.2, 0.25) is 0 Å². The Bertz CT molecular complexity index is 368. The van der Waals surface area contributed by atoms with E-state index in [1.807, 2.05) is 18.5 Å². The average molecular weight is 257 g/mol. The summed E-state index contributed by atoms with van der Waals surface area (Å²) in [6.07, 6.45) is 1.70. The first-order valence-electron chi connectivity index (χ1n) is 4.47. The summed E-state index contributed by atoms with van der Waals surface area (Å²) in [6, 6.07) is 0. The van der Waals surface area contributed by atoms with E-state index in [1.165, 1.54) is 6.08 Å². The first-order valence-corrected chi connectivity index (χ1v) is 5.26. The van der Waals surface area contributed by atoms with Crippen LogP contribution in [0.1, 0.15) is 18.3 Å². The van der Waals surface area contributed by atoms with Crippen LogP contribution in [0, 0.1) is 6.92 Å². The third-order valence-electron chi connectivity index (χ3n) is 2.02. The Labute approximate surface area is 91.9 Å². The van der Waals surface area contributed by atoms with E-state index >= 15 is 0 Å². The summed E-state index contributed by atoms with van der Waals surface area (Å²) in [4.78, 5) is 11.2. The number of allylic oxidation sites excluding steroid dienone is 1. The summed E-state index contributed by atoms with van der Waals surface area (Å²) in [5.41, 5.74) is 1.84. The molecule has 1 aromatic heterocycles.